The number of carbonyl (C=O) groups is 2. The summed E-state index contributed by atoms with van der Waals surface area (Å²) in [5.41, 5.74) is 6.12. The number of nitrogen functional groups attached to an aromatic ring is 1. The van der Waals surface area contributed by atoms with Crippen molar-refractivity contribution >= 4 is 39.3 Å². The molecule has 0 aliphatic heterocycles. The molecule has 3 aromatic carbocycles. The number of aromatic carboxylic acids is 1. The lowest BCUT2D eigenvalue weighted by molar-refractivity contribution is -0.142. The van der Waals surface area contributed by atoms with Crippen LogP contribution in [0.5, 0.6) is 5.75 Å². The standard InChI is InChI=1S/C22H18N2O7/c1-10-17(23)16-18(24(10)8-11-6-4-3-5-7-11)14-13(19(26)20(14)27)15(22(28)29)21(16)31-9-12(25)30-2/h3-7H,8-9,23H2,1-2H3,(H,28,29). The van der Waals surface area contributed by atoms with Crippen LogP contribution in [0.3, 0.4) is 0 Å². The maximum absolute atomic E-state index is 12.5. The number of fused-ring (bicyclic) bond motifs is 3. The second-order valence-corrected chi connectivity index (χ2v) is 7.08. The normalized spacial score (nSPS) is 11.3. The van der Waals surface area contributed by atoms with E-state index in [-0.39, 0.29) is 27.6 Å². The summed E-state index contributed by atoms with van der Waals surface area (Å²) in [6.07, 6.45) is 0. The summed E-state index contributed by atoms with van der Waals surface area (Å²) >= 11 is 0. The molecular formula is C22H18N2O7. The molecule has 0 aliphatic rings. The number of benzene rings is 2. The number of carboxylic acid groups (broad SMARTS) is 1. The average molecular weight is 422 g/mol. The van der Waals surface area contributed by atoms with Gasteiger partial charge >= 0.3 is 11.9 Å². The summed E-state index contributed by atoms with van der Waals surface area (Å²) in [5, 5.41) is 9.72. The lowest BCUT2D eigenvalue weighted by Gasteiger charge is -2.16. The van der Waals surface area contributed by atoms with Crippen LogP contribution in [0.15, 0.2) is 39.9 Å². The van der Waals surface area contributed by atoms with Crippen molar-refractivity contribution in [2.75, 3.05) is 19.5 Å². The monoisotopic (exact) mass is 422 g/mol. The Balaban J connectivity index is 2.10. The molecule has 0 bridgehead atoms. The minimum atomic E-state index is -1.47. The van der Waals surface area contributed by atoms with E-state index >= 15 is 0 Å². The molecule has 31 heavy (non-hydrogen) atoms. The number of esters is 1. The number of nitrogens with two attached hydrogens (primary N) is 1. The topological polar surface area (TPSA) is 138 Å². The summed E-state index contributed by atoms with van der Waals surface area (Å²) in [6.45, 7) is 1.46. The molecule has 0 radical (unpaired) electrons. The molecule has 9 heteroatoms. The first-order valence-corrected chi connectivity index (χ1v) is 9.32. The van der Waals surface area contributed by atoms with Crippen LogP contribution < -0.4 is 21.3 Å². The molecule has 0 fully saturated rings. The Hall–Kier alpha value is -4.14. The molecule has 0 spiro atoms. The maximum atomic E-state index is 12.5. The second kappa shape index (κ2) is 7.28. The lowest BCUT2D eigenvalue weighted by Crippen LogP contribution is -2.33. The highest BCUT2D eigenvalue weighted by Gasteiger charge is 2.33. The zero-order chi connectivity index (χ0) is 22.4. The second-order valence-electron chi connectivity index (χ2n) is 7.08. The van der Waals surface area contributed by atoms with Crippen LogP contribution in [0.1, 0.15) is 21.6 Å². The summed E-state index contributed by atoms with van der Waals surface area (Å²) in [6, 6.07) is 9.37. The quantitative estimate of drug-likeness (QED) is 0.353. The van der Waals surface area contributed by atoms with Crippen molar-refractivity contribution in [1.82, 2.24) is 4.57 Å². The van der Waals surface area contributed by atoms with Crippen molar-refractivity contribution in [3.8, 4) is 5.75 Å². The summed E-state index contributed by atoms with van der Waals surface area (Å²) in [4.78, 5) is 48.5. The van der Waals surface area contributed by atoms with Gasteiger partial charge in [-0.25, -0.2) is 9.59 Å². The first-order chi connectivity index (χ1) is 14.8. The molecule has 158 valence electrons. The Morgan fingerprint density at radius 1 is 1.06 bits per heavy atom. The summed E-state index contributed by atoms with van der Waals surface area (Å²) < 4.78 is 11.8. The molecule has 3 N–H and O–H groups in total. The largest absolute Gasteiger partial charge is 0.480 e. The molecule has 1 heterocycles. The number of hydrogen-bond acceptors (Lipinski definition) is 7. The maximum Gasteiger partial charge on any atom is 0.343 e. The van der Waals surface area contributed by atoms with Crippen LogP contribution in [0.2, 0.25) is 0 Å². The molecular weight excluding hydrogens is 404 g/mol. The highest BCUT2D eigenvalue weighted by atomic mass is 16.6. The first kappa shape index (κ1) is 20.1. The van der Waals surface area contributed by atoms with E-state index in [2.05, 4.69) is 4.74 Å². The van der Waals surface area contributed by atoms with E-state index < -0.39 is 35.0 Å². The summed E-state index contributed by atoms with van der Waals surface area (Å²) in [5.74, 6) is -2.44. The van der Waals surface area contributed by atoms with Gasteiger partial charge in [-0.1, -0.05) is 30.3 Å². The lowest BCUT2D eigenvalue weighted by atomic mass is 9.94. The van der Waals surface area contributed by atoms with Crippen molar-refractivity contribution in [3.63, 3.8) is 0 Å². The summed E-state index contributed by atoms with van der Waals surface area (Å²) in [7, 11) is 1.16. The van der Waals surface area contributed by atoms with Crippen molar-refractivity contribution < 1.29 is 24.2 Å². The zero-order valence-electron chi connectivity index (χ0n) is 16.7. The van der Waals surface area contributed by atoms with Gasteiger partial charge in [-0.2, -0.15) is 0 Å². The third kappa shape index (κ3) is 2.93. The molecule has 0 saturated carbocycles. The Kier molecular flexibility index (Phi) is 4.73. The molecule has 0 unspecified atom stereocenters. The van der Waals surface area contributed by atoms with E-state index in [1.807, 2.05) is 30.3 Å². The number of rotatable bonds is 6. The van der Waals surface area contributed by atoms with Crippen LogP contribution in [0.25, 0.3) is 21.7 Å². The Bertz CT molecular complexity index is 1440. The predicted molar refractivity (Wildman–Crippen MR) is 114 cm³/mol. The molecule has 9 nitrogen and oxygen atoms in total. The van der Waals surface area contributed by atoms with E-state index in [1.54, 1.807) is 11.5 Å². The van der Waals surface area contributed by atoms with Gasteiger partial charge in [-0.05, 0) is 12.5 Å². The molecule has 0 amide bonds. The number of hydrogen-bond donors (Lipinski definition) is 2. The van der Waals surface area contributed by atoms with E-state index in [9.17, 15) is 24.3 Å². The minimum absolute atomic E-state index is 0.00134. The number of methoxy groups -OCH3 is 1. The van der Waals surface area contributed by atoms with E-state index in [4.69, 9.17) is 10.5 Å². The smallest absolute Gasteiger partial charge is 0.343 e. The van der Waals surface area contributed by atoms with Crippen LogP contribution in [-0.2, 0) is 16.1 Å². The van der Waals surface area contributed by atoms with Gasteiger partial charge in [0.05, 0.1) is 34.5 Å². The number of nitrogens with zero attached hydrogens (tertiary/aromatic N) is 1. The van der Waals surface area contributed by atoms with E-state index in [0.717, 1.165) is 12.7 Å². The van der Waals surface area contributed by atoms with Gasteiger partial charge in [0, 0.05) is 12.2 Å². The first-order valence-electron chi connectivity index (χ1n) is 9.32. The number of ether oxygens (including phenoxy) is 2. The van der Waals surface area contributed by atoms with E-state index in [1.165, 1.54) is 0 Å². The molecule has 1 aromatic heterocycles. The molecule has 4 rings (SSSR count). The minimum Gasteiger partial charge on any atom is -0.480 e. The fourth-order valence-electron chi connectivity index (χ4n) is 3.84. The number of anilines is 1. The molecule has 0 aliphatic carbocycles. The predicted octanol–water partition coefficient (Wildman–Crippen LogP) is 1.58. The van der Waals surface area contributed by atoms with Gasteiger partial charge in [0.2, 0.25) is 10.9 Å². The van der Waals surface area contributed by atoms with Crippen LogP contribution in [-0.4, -0.2) is 35.3 Å². The molecule has 0 atom stereocenters. The van der Waals surface area contributed by atoms with Gasteiger partial charge in [-0.3, -0.25) is 9.59 Å². The fourth-order valence-corrected chi connectivity index (χ4v) is 3.84. The van der Waals surface area contributed by atoms with Gasteiger partial charge in [0.15, 0.2) is 6.61 Å². The van der Waals surface area contributed by atoms with Gasteiger partial charge in [-0.15, -0.1) is 0 Å². The highest BCUT2D eigenvalue weighted by molar-refractivity contribution is 6.23. The third-order valence-corrected chi connectivity index (χ3v) is 5.38. The van der Waals surface area contributed by atoms with Crippen molar-refractivity contribution in [3.05, 3.63) is 67.6 Å². The Morgan fingerprint density at radius 3 is 2.32 bits per heavy atom. The van der Waals surface area contributed by atoms with Crippen molar-refractivity contribution in [1.29, 1.82) is 0 Å². The van der Waals surface area contributed by atoms with Crippen LogP contribution >= 0.6 is 0 Å². The van der Waals surface area contributed by atoms with Crippen molar-refractivity contribution in [2.45, 2.75) is 13.5 Å². The van der Waals surface area contributed by atoms with Crippen LogP contribution in [0, 0.1) is 6.92 Å². The SMILES string of the molecule is COC(=O)COc1c(C(=O)O)c2c(=O)c(=O)c2c2c1c(N)c(C)n2Cc1ccccc1. The number of carboxylic acids is 1. The van der Waals surface area contributed by atoms with Crippen molar-refractivity contribution in [2.24, 2.45) is 0 Å². The number of aromatic nitrogens is 1. The third-order valence-electron chi connectivity index (χ3n) is 5.38. The average Bonchev–Trinajstić information content (AvgIpc) is 3.01. The zero-order valence-corrected chi connectivity index (χ0v) is 16.7. The molecule has 0 saturated heterocycles. The van der Waals surface area contributed by atoms with Crippen LogP contribution in [0.4, 0.5) is 5.69 Å². The van der Waals surface area contributed by atoms with Gasteiger partial charge in [0.1, 0.15) is 11.3 Å². The molecule has 4 aromatic rings. The van der Waals surface area contributed by atoms with Gasteiger partial charge in [0.25, 0.3) is 0 Å². The number of carbonyl (C=O) groups excluding carboxylic acids is 1. The fraction of sp³-hybridized carbons (Fsp3) is 0.182. The Morgan fingerprint density at radius 2 is 1.71 bits per heavy atom. The Labute approximate surface area is 174 Å². The highest BCUT2D eigenvalue weighted by Crippen LogP contribution is 2.43. The van der Waals surface area contributed by atoms with E-state index in [0.29, 0.717) is 17.8 Å². The van der Waals surface area contributed by atoms with Gasteiger partial charge < -0.3 is 24.9 Å².